The van der Waals surface area contributed by atoms with Gasteiger partial charge < -0.3 is 14.4 Å². The fourth-order valence-electron chi connectivity index (χ4n) is 3.03. The molecule has 138 valence electrons. The minimum absolute atomic E-state index is 0.240. The van der Waals surface area contributed by atoms with E-state index in [0.717, 1.165) is 43.2 Å². The van der Waals surface area contributed by atoms with Gasteiger partial charge in [0.25, 0.3) is 0 Å². The molecule has 1 aromatic heterocycles. The fraction of sp³-hybridized carbons (Fsp3) is 0.238. The molecule has 0 amide bonds. The lowest BCUT2D eigenvalue weighted by atomic mass is 10.2. The van der Waals surface area contributed by atoms with Crippen molar-refractivity contribution in [1.29, 1.82) is 0 Å². The Balaban J connectivity index is 1.33. The maximum Gasteiger partial charge on any atom is 0.338 e. The predicted octanol–water partition coefficient (Wildman–Crippen LogP) is 3.07. The Kier molecular flexibility index (Phi) is 5.16. The molecule has 2 heterocycles. The van der Waals surface area contributed by atoms with Crippen LogP contribution in [0.4, 0.5) is 5.69 Å². The molecule has 1 saturated heterocycles. The lowest BCUT2D eigenvalue weighted by Crippen LogP contribution is -2.36. The van der Waals surface area contributed by atoms with Crippen LogP contribution in [0.15, 0.2) is 67.0 Å². The van der Waals surface area contributed by atoms with E-state index in [1.54, 1.807) is 10.9 Å². The number of aromatic nitrogens is 2. The SMILES string of the molecule is O=C(OCc1ccc(-n2cccn2)cc1)c1ccc(N2CCOCC2)cc1. The maximum atomic E-state index is 12.3. The third-order valence-electron chi connectivity index (χ3n) is 4.55. The van der Waals surface area contributed by atoms with Crippen LogP contribution in [0, 0.1) is 0 Å². The average Bonchev–Trinajstić information content (AvgIpc) is 3.28. The summed E-state index contributed by atoms with van der Waals surface area (Å²) in [6.45, 7) is 3.46. The minimum atomic E-state index is -0.320. The van der Waals surface area contributed by atoms with Gasteiger partial charge >= 0.3 is 5.97 Å². The van der Waals surface area contributed by atoms with Gasteiger partial charge in [0, 0.05) is 31.2 Å². The van der Waals surface area contributed by atoms with Gasteiger partial charge in [-0.25, -0.2) is 9.48 Å². The summed E-state index contributed by atoms with van der Waals surface area (Å²) in [5, 5.41) is 4.19. The molecular weight excluding hydrogens is 342 g/mol. The summed E-state index contributed by atoms with van der Waals surface area (Å²) in [5.41, 5.74) is 3.56. The third kappa shape index (κ3) is 4.17. The van der Waals surface area contributed by atoms with Gasteiger partial charge in [-0.05, 0) is 48.0 Å². The highest BCUT2D eigenvalue weighted by atomic mass is 16.5. The molecule has 2 aromatic carbocycles. The Morgan fingerprint density at radius 2 is 1.70 bits per heavy atom. The Morgan fingerprint density at radius 3 is 2.37 bits per heavy atom. The van der Waals surface area contributed by atoms with Crippen LogP contribution in [-0.4, -0.2) is 42.1 Å². The van der Waals surface area contributed by atoms with Crippen molar-refractivity contribution in [3.05, 3.63) is 78.1 Å². The van der Waals surface area contributed by atoms with Crippen molar-refractivity contribution in [1.82, 2.24) is 9.78 Å². The summed E-state index contributed by atoms with van der Waals surface area (Å²) in [4.78, 5) is 14.5. The molecule has 0 bridgehead atoms. The first-order valence-corrected chi connectivity index (χ1v) is 8.98. The van der Waals surface area contributed by atoms with E-state index in [9.17, 15) is 4.79 Å². The van der Waals surface area contributed by atoms with Crippen molar-refractivity contribution in [2.75, 3.05) is 31.2 Å². The standard InChI is InChI=1S/C21H21N3O3/c25-21(18-4-8-19(9-5-18)23-12-14-26-15-13-23)27-16-17-2-6-20(7-3-17)24-11-1-10-22-24/h1-11H,12-16H2. The molecule has 1 aliphatic heterocycles. The number of esters is 1. The van der Waals surface area contributed by atoms with E-state index in [0.29, 0.717) is 5.56 Å². The predicted molar refractivity (Wildman–Crippen MR) is 102 cm³/mol. The van der Waals surface area contributed by atoms with Gasteiger partial charge in [0.1, 0.15) is 6.61 Å². The number of carbonyl (C=O) groups is 1. The quantitative estimate of drug-likeness (QED) is 0.652. The molecule has 4 rings (SSSR count). The molecule has 1 fully saturated rings. The molecule has 0 N–H and O–H groups in total. The highest BCUT2D eigenvalue weighted by Crippen LogP contribution is 2.17. The second kappa shape index (κ2) is 8.05. The third-order valence-corrected chi connectivity index (χ3v) is 4.55. The van der Waals surface area contributed by atoms with Crippen LogP contribution in [0.3, 0.4) is 0 Å². The second-order valence-corrected chi connectivity index (χ2v) is 6.34. The van der Waals surface area contributed by atoms with Gasteiger partial charge in [0.2, 0.25) is 0 Å². The van der Waals surface area contributed by atoms with Crippen molar-refractivity contribution >= 4 is 11.7 Å². The van der Waals surface area contributed by atoms with Gasteiger partial charge in [-0.3, -0.25) is 0 Å². The van der Waals surface area contributed by atoms with E-state index in [1.165, 1.54) is 0 Å². The Labute approximate surface area is 157 Å². The van der Waals surface area contributed by atoms with Crippen molar-refractivity contribution in [3.63, 3.8) is 0 Å². The largest absolute Gasteiger partial charge is 0.457 e. The topological polar surface area (TPSA) is 56.6 Å². The van der Waals surface area contributed by atoms with E-state index in [-0.39, 0.29) is 12.6 Å². The fourth-order valence-corrected chi connectivity index (χ4v) is 3.03. The van der Waals surface area contributed by atoms with Gasteiger partial charge in [-0.1, -0.05) is 12.1 Å². The first-order chi connectivity index (χ1) is 13.3. The Morgan fingerprint density at radius 1 is 1.00 bits per heavy atom. The number of hydrogen-bond acceptors (Lipinski definition) is 5. The molecule has 3 aromatic rings. The van der Waals surface area contributed by atoms with E-state index in [2.05, 4.69) is 10.00 Å². The van der Waals surface area contributed by atoms with Crippen LogP contribution in [0.2, 0.25) is 0 Å². The summed E-state index contributed by atoms with van der Waals surface area (Å²) in [6, 6.07) is 17.2. The molecule has 0 radical (unpaired) electrons. The van der Waals surface area contributed by atoms with Crippen molar-refractivity contribution in [3.8, 4) is 5.69 Å². The first-order valence-electron chi connectivity index (χ1n) is 8.98. The van der Waals surface area contributed by atoms with Crippen LogP contribution in [0.5, 0.6) is 0 Å². The summed E-state index contributed by atoms with van der Waals surface area (Å²) in [6.07, 6.45) is 3.62. The van der Waals surface area contributed by atoms with Gasteiger partial charge in [0.15, 0.2) is 0 Å². The molecule has 0 atom stereocenters. The normalized spacial score (nSPS) is 14.1. The number of anilines is 1. The van der Waals surface area contributed by atoms with E-state index < -0.39 is 0 Å². The number of morpholine rings is 1. The minimum Gasteiger partial charge on any atom is -0.457 e. The number of hydrogen-bond donors (Lipinski definition) is 0. The van der Waals surface area contributed by atoms with Crippen molar-refractivity contribution in [2.45, 2.75) is 6.61 Å². The van der Waals surface area contributed by atoms with Crippen LogP contribution in [0.1, 0.15) is 15.9 Å². The molecule has 1 aliphatic rings. The molecule has 0 saturated carbocycles. The van der Waals surface area contributed by atoms with Crippen LogP contribution < -0.4 is 4.90 Å². The van der Waals surface area contributed by atoms with E-state index in [1.807, 2.05) is 60.8 Å². The zero-order valence-corrected chi connectivity index (χ0v) is 15.0. The monoisotopic (exact) mass is 363 g/mol. The Hall–Kier alpha value is -3.12. The molecule has 0 unspecified atom stereocenters. The number of ether oxygens (including phenoxy) is 2. The molecule has 0 spiro atoms. The van der Waals surface area contributed by atoms with E-state index in [4.69, 9.17) is 9.47 Å². The maximum absolute atomic E-state index is 12.3. The molecule has 0 aliphatic carbocycles. The number of rotatable bonds is 5. The summed E-state index contributed by atoms with van der Waals surface area (Å²) >= 11 is 0. The lowest BCUT2D eigenvalue weighted by Gasteiger charge is -2.28. The lowest BCUT2D eigenvalue weighted by molar-refractivity contribution is 0.0472. The van der Waals surface area contributed by atoms with Crippen molar-refractivity contribution < 1.29 is 14.3 Å². The average molecular weight is 363 g/mol. The van der Waals surface area contributed by atoms with E-state index >= 15 is 0 Å². The molecular formula is C21H21N3O3. The smallest absolute Gasteiger partial charge is 0.338 e. The summed E-state index contributed by atoms with van der Waals surface area (Å²) in [5.74, 6) is -0.320. The summed E-state index contributed by atoms with van der Waals surface area (Å²) in [7, 11) is 0. The van der Waals surface area contributed by atoms with Crippen LogP contribution in [0.25, 0.3) is 5.69 Å². The van der Waals surface area contributed by atoms with Crippen molar-refractivity contribution in [2.24, 2.45) is 0 Å². The van der Waals surface area contributed by atoms with Gasteiger partial charge in [-0.2, -0.15) is 5.10 Å². The number of nitrogens with zero attached hydrogens (tertiary/aromatic N) is 3. The van der Waals surface area contributed by atoms with Crippen LogP contribution >= 0.6 is 0 Å². The van der Waals surface area contributed by atoms with Gasteiger partial charge in [0.05, 0.1) is 24.5 Å². The molecule has 6 heteroatoms. The molecule has 27 heavy (non-hydrogen) atoms. The highest BCUT2D eigenvalue weighted by molar-refractivity contribution is 5.89. The number of carbonyl (C=O) groups excluding carboxylic acids is 1. The zero-order chi connectivity index (χ0) is 18.5. The number of benzene rings is 2. The zero-order valence-electron chi connectivity index (χ0n) is 15.0. The van der Waals surface area contributed by atoms with Gasteiger partial charge in [-0.15, -0.1) is 0 Å². The second-order valence-electron chi connectivity index (χ2n) is 6.34. The Bertz CT molecular complexity index is 868. The highest BCUT2D eigenvalue weighted by Gasteiger charge is 2.13. The summed E-state index contributed by atoms with van der Waals surface area (Å²) < 4.78 is 12.6. The molecule has 6 nitrogen and oxygen atoms in total. The first kappa shape index (κ1) is 17.3. The van der Waals surface area contributed by atoms with Crippen LogP contribution in [-0.2, 0) is 16.1 Å².